The Morgan fingerprint density at radius 3 is 2.86 bits per heavy atom. The Labute approximate surface area is 88.5 Å². The third-order valence-electron chi connectivity index (χ3n) is 1.71. The summed E-state index contributed by atoms with van der Waals surface area (Å²) >= 11 is 4.95. The van der Waals surface area contributed by atoms with Gasteiger partial charge in [-0.25, -0.2) is 4.39 Å². The first-order chi connectivity index (χ1) is 6.63. The molecule has 0 saturated heterocycles. The molecule has 1 aromatic carbocycles. The summed E-state index contributed by atoms with van der Waals surface area (Å²) in [5.41, 5.74) is 1.41. The first-order valence-electron chi connectivity index (χ1n) is 4.44. The lowest BCUT2D eigenvalue weighted by atomic mass is 10.2. The zero-order chi connectivity index (χ0) is 10.6. The van der Waals surface area contributed by atoms with Crippen molar-refractivity contribution in [3.8, 4) is 0 Å². The predicted molar refractivity (Wildman–Crippen MR) is 61.0 cm³/mol. The molecule has 0 aliphatic carbocycles. The van der Waals surface area contributed by atoms with E-state index in [4.69, 9.17) is 12.2 Å². The number of benzene rings is 1. The molecule has 0 amide bonds. The van der Waals surface area contributed by atoms with Gasteiger partial charge < -0.3 is 10.6 Å². The van der Waals surface area contributed by atoms with Crippen molar-refractivity contribution in [3.05, 3.63) is 29.6 Å². The van der Waals surface area contributed by atoms with Crippen molar-refractivity contribution >= 4 is 23.0 Å². The average Bonchev–Trinajstić information content (AvgIpc) is 2.12. The normalized spacial score (nSPS) is 9.64. The Hall–Kier alpha value is -1.16. The van der Waals surface area contributed by atoms with Crippen LogP contribution in [0.3, 0.4) is 0 Å². The average molecular weight is 212 g/mol. The summed E-state index contributed by atoms with van der Waals surface area (Å²) in [4.78, 5) is 0. The molecule has 0 fully saturated rings. The largest absolute Gasteiger partial charge is 0.363 e. The van der Waals surface area contributed by atoms with Crippen LogP contribution in [0.15, 0.2) is 18.2 Å². The van der Waals surface area contributed by atoms with Gasteiger partial charge >= 0.3 is 0 Å². The number of halogens is 1. The summed E-state index contributed by atoms with van der Waals surface area (Å²) in [7, 11) is 0. The molecule has 1 rings (SSSR count). The van der Waals surface area contributed by atoms with Crippen molar-refractivity contribution in [1.29, 1.82) is 0 Å². The lowest BCUT2D eigenvalue weighted by Gasteiger charge is -2.09. The second kappa shape index (κ2) is 4.91. The van der Waals surface area contributed by atoms with Crippen LogP contribution in [0.1, 0.15) is 12.5 Å². The van der Waals surface area contributed by atoms with E-state index in [2.05, 4.69) is 10.6 Å². The third-order valence-corrected chi connectivity index (χ3v) is 1.95. The van der Waals surface area contributed by atoms with Crippen LogP contribution in [0, 0.1) is 12.7 Å². The standard InChI is InChI=1S/C10H13FN2S/c1-3-12-10(14)13-9-6-7(2)4-5-8(9)11/h4-6H,3H2,1-2H3,(H2,12,13,14). The van der Waals surface area contributed by atoms with Crippen LogP contribution in [0.5, 0.6) is 0 Å². The van der Waals surface area contributed by atoms with E-state index in [1.54, 1.807) is 12.1 Å². The third kappa shape index (κ3) is 2.96. The Kier molecular flexibility index (Phi) is 3.83. The van der Waals surface area contributed by atoms with Gasteiger partial charge in [-0.2, -0.15) is 0 Å². The molecule has 76 valence electrons. The summed E-state index contributed by atoms with van der Waals surface area (Å²) in [6, 6.07) is 4.86. The monoisotopic (exact) mass is 212 g/mol. The first kappa shape index (κ1) is 10.9. The number of rotatable bonds is 2. The lowest BCUT2D eigenvalue weighted by Crippen LogP contribution is -2.28. The minimum absolute atomic E-state index is 0.296. The molecular weight excluding hydrogens is 199 g/mol. The van der Waals surface area contributed by atoms with Crippen LogP contribution in [0.4, 0.5) is 10.1 Å². The number of thiocarbonyl (C=S) groups is 1. The minimum Gasteiger partial charge on any atom is -0.363 e. The quantitative estimate of drug-likeness (QED) is 0.736. The molecule has 14 heavy (non-hydrogen) atoms. The molecule has 2 nitrogen and oxygen atoms in total. The Morgan fingerprint density at radius 1 is 1.50 bits per heavy atom. The maximum absolute atomic E-state index is 13.2. The highest BCUT2D eigenvalue weighted by Crippen LogP contribution is 2.15. The van der Waals surface area contributed by atoms with Crippen LogP contribution in [-0.4, -0.2) is 11.7 Å². The van der Waals surface area contributed by atoms with E-state index in [9.17, 15) is 4.39 Å². The van der Waals surface area contributed by atoms with Crippen molar-refractivity contribution in [2.45, 2.75) is 13.8 Å². The van der Waals surface area contributed by atoms with Gasteiger partial charge in [0.1, 0.15) is 5.82 Å². The molecule has 0 saturated carbocycles. The minimum atomic E-state index is -0.296. The van der Waals surface area contributed by atoms with Crippen molar-refractivity contribution in [2.75, 3.05) is 11.9 Å². The highest BCUT2D eigenvalue weighted by Gasteiger charge is 2.02. The topological polar surface area (TPSA) is 24.1 Å². The number of hydrogen-bond acceptors (Lipinski definition) is 1. The molecule has 2 N–H and O–H groups in total. The van der Waals surface area contributed by atoms with Crippen LogP contribution in [-0.2, 0) is 0 Å². The van der Waals surface area contributed by atoms with Crippen LogP contribution < -0.4 is 10.6 Å². The van der Waals surface area contributed by atoms with Crippen LogP contribution >= 0.6 is 12.2 Å². The van der Waals surface area contributed by atoms with Gasteiger partial charge in [0.25, 0.3) is 0 Å². The highest BCUT2D eigenvalue weighted by atomic mass is 32.1. The molecule has 1 aromatic rings. The molecule has 0 unspecified atom stereocenters. The van der Waals surface area contributed by atoms with Crippen LogP contribution in [0.2, 0.25) is 0 Å². The van der Waals surface area contributed by atoms with Gasteiger partial charge in [0.15, 0.2) is 5.11 Å². The summed E-state index contributed by atoms with van der Waals surface area (Å²) < 4.78 is 13.2. The molecule has 0 radical (unpaired) electrons. The zero-order valence-corrected chi connectivity index (χ0v) is 9.04. The van der Waals surface area contributed by atoms with Gasteiger partial charge in [-0.1, -0.05) is 6.07 Å². The van der Waals surface area contributed by atoms with Crippen molar-refractivity contribution in [2.24, 2.45) is 0 Å². The fourth-order valence-electron chi connectivity index (χ4n) is 1.06. The summed E-state index contributed by atoms with van der Waals surface area (Å²) in [6.07, 6.45) is 0. The van der Waals surface area contributed by atoms with Gasteiger partial charge in [-0.3, -0.25) is 0 Å². The van der Waals surface area contributed by atoms with E-state index in [1.165, 1.54) is 6.07 Å². The molecule has 0 heterocycles. The number of hydrogen-bond donors (Lipinski definition) is 2. The molecule has 0 aromatic heterocycles. The predicted octanol–water partition coefficient (Wildman–Crippen LogP) is 2.44. The smallest absolute Gasteiger partial charge is 0.170 e. The molecule has 0 aliphatic heterocycles. The molecule has 0 bridgehead atoms. The van der Waals surface area contributed by atoms with E-state index in [0.29, 0.717) is 10.8 Å². The van der Waals surface area contributed by atoms with Crippen LogP contribution in [0.25, 0.3) is 0 Å². The Bertz CT molecular complexity index is 339. The summed E-state index contributed by atoms with van der Waals surface area (Å²) in [6.45, 7) is 4.56. The fraction of sp³-hybridized carbons (Fsp3) is 0.300. The van der Waals surface area contributed by atoms with Gasteiger partial charge in [-0.05, 0) is 43.8 Å². The van der Waals surface area contributed by atoms with Gasteiger partial charge in [0.2, 0.25) is 0 Å². The molecule has 4 heteroatoms. The number of nitrogens with one attached hydrogen (secondary N) is 2. The second-order valence-corrected chi connectivity index (χ2v) is 3.38. The van der Waals surface area contributed by atoms with E-state index in [1.807, 2.05) is 13.8 Å². The maximum atomic E-state index is 13.2. The van der Waals surface area contributed by atoms with E-state index >= 15 is 0 Å². The Morgan fingerprint density at radius 2 is 2.21 bits per heavy atom. The second-order valence-electron chi connectivity index (χ2n) is 2.97. The van der Waals surface area contributed by atoms with E-state index < -0.39 is 0 Å². The van der Waals surface area contributed by atoms with Gasteiger partial charge in [0, 0.05) is 6.54 Å². The van der Waals surface area contributed by atoms with E-state index in [-0.39, 0.29) is 5.82 Å². The van der Waals surface area contributed by atoms with Crippen molar-refractivity contribution < 1.29 is 4.39 Å². The Balaban J connectivity index is 2.75. The number of anilines is 1. The molecular formula is C10H13FN2S. The van der Waals surface area contributed by atoms with Gasteiger partial charge in [0.05, 0.1) is 5.69 Å². The molecule has 0 aliphatic rings. The maximum Gasteiger partial charge on any atom is 0.170 e. The first-order valence-corrected chi connectivity index (χ1v) is 4.85. The fourth-order valence-corrected chi connectivity index (χ4v) is 1.32. The summed E-state index contributed by atoms with van der Waals surface area (Å²) in [5, 5.41) is 6.13. The molecule has 0 atom stereocenters. The zero-order valence-electron chi connectivity index (χ0n) is 8.23. The highest BCUT2D eigenvalue weighted by molar-refractivity contribution is 7.80. The lowest BCUT2D eigenvalue weighted by molar-refractivity contribution is 0.631. The van der Waals surface area contributed by atoms with E-state index in [0.717, 1.165) is 12.1 Å². The van der Waals surface area contributed by atoms with Crippen molar-refractivity contribution in [3.63, 3.8) is 0 Å². The van der Waals surface area contributed by atoms with Crippen molar-refractivity contribution in [1.82, 2.24) is 5.32 Å². The summed E-state index contributed by atoms with van der Waals surface area (Å²) in [5.74, 6) is -0.296. The SMILES string of the molecule is CCNC(=S)Nc1cc(C)ccc1F. The van der Waals surface area contributed by atoms with Gasteiger partial charge in [-0.15, -0.1) is 0 Å². The number of aryl methyl sites for hydroxylation is 1. The molecule has 0 spiro atoms.